The van der Waals surface area contributed by atoms with Crippen molar-refractivity contribution in [2.45, 2.75) is 31.2 Å². The minimum atomic E-state index is 0.232. The molecule has 3 N–H and O–H groups in total. The van der Waals surface area contributed by atoms with Crippen molar-refractivity contribution >= 4 is 23.4 Å². The first kappa shape index (κ1) is 16.4. The molecule has 2 nitrogen and oxygen atoms in total. The van der Waals surface area contributed by atoms with Gasteiger partial charge in [0.1, 0.15) is 0 Å². The Balaban J connectivity index is 1.95. The van der Waals surface area contributed by atoms with Gasteiger partial charge in [0.05, 0.1) is 0 Å². The van der Waals surface area contributed by atoms with Gasteiger partial charge in [0, 0.05) is 21.7 Å². The molecule has 0 aliphatic carbocycles. The van der Waals surface area contributed by atoms with Crippen LogP contribution >= 0.6 is 23.4 Å². The number of hydrogen-bond donors (Lipinski definition) is 2. The van der Waals surface area contributed by atoms with Gasteiger partial charge in [-0.05, 0) is 55.2 Å². The summed E-state index contributed by atoms with van der Waals surface area (Å²) in [5.41, 5.74) is 6.88. The molecular weight excluding hydrogens is 300 g/mol. The zero-order chi connectivity index (χ0) is 15.2. The Morgan fingerprint density at radius 1 is 1.14 bits per heavy atom. The lowest BCUT2D eigenvalue weighted by Gasteiger charge is -2.16. The Bertz CT molecular complexity index is 601. The average Bonchev–Trinajstić information content (AvgIpc) is 2.47. The molecule has 1 atom stereocenters. The van der Waals surface area contributed by atoms with Gasteiger partial charge < -0.3 is 0 Å². The van der Waals surface area contributed by atoms with Crippen molar-refractivity contribution in [1.82, 2.24) is 5.43 Å². The van der Waals surface area contributed by atoms with E-state index in [2.05, 4.69) is 43.5 Å². The molecule has 0 aromatic heterocycles. The maximum atomic E-state index is 6.00. The van der Waals surface area contributed by atoms with Crippen LogP contribution in [0.2, 0.25) is 5.02 Å². The fraction of sp³-hybridized carbons (Fsp3) is 0.294. The minimum Gasteiger partial charge on any atom is -0.271 e. The third kappa shape index (κ3) is 5.04. The van der Waals surface area contributed by atoms with Crippen molar-refractivity contribution in [2.24, 2.45) is 5.84 Å². The highest BCUT2D eigenvalue weighted by Gasteiger charge is 2.09. The fourth-order valence-electron chi connectivity index (χ4n) is 2.13. The summed E-state index contributed by atoms with van der Waals surface area (Å²) in [5, 5.41) is 0.770. The van der Waals surface area contributed by atoms with Crippen LogP contribution in [0.1, 0.15) is 16.7 Å². The van der Waals surface area contributed by atoms with Crippen molar-refractivity contribution < 1.29 is 0 Å². The van der Waals surface area contributed by atoms with Crippen LogP contribution in [0, 0.1) is 13.8 Å². The van der Waals surface area contributed by atoms with Crippen LogP contribution in [-0.4, -0.2) is 11.8 Å². The summed E-state index contributed by atoms with van der Waals surface area (Å²) in [4.78, 5) is 1.17. The Morgan fingerprint density at radius 2 is 1.95 bits per heavy atom. The first-order chi connectivity index (χ1) is 10.1. The number of nitrogens with two attached hydrogens (primary N) is 1. The van der Waals surface area contributed by atoms with Gasteiger partial charge in [0.2, 0.25) is 0 Å². The molecule has 0 amide bonds. The molecule has 0 aliphatic rings. The van der Waals surface area contributed by atoms with E-state index < -0.39 is 0 Å². The zero-order valence-corrected chi connectivity index (χ0v) is 14.0. The van der Waals surface area contributed by atoms with Crippen LogP contribution in [0.25, 0.3) is 0 Å². The van der Waals surface area contributed by atoms with Crippen molar-refractivity contribution in [2.75, 3.05) is 5.75 Å². The summed E-state index contributed by atoms with van der Waals surface area (Å²) in [6, 6.07) is 14.7. The second kappa shape index (κ2) is 7.85. The summed E-state index contributed by atoms with van der Waals surface area (Å²) in [7, 11) is 0. The van der Waals surface area contributed by atoms with E-state index in [1.165, 1.54) is 21.6 Å². The maximum absolute atomic E-state index is 6.00. The molecular formula is C17H21ClN2S. The third-order valence-corrected chi connectivity index (χ3v) is 4.93. The van der Waals surface area contributed by atoms with Crippen LogP contribution in [0.5, 0.6) is 0 Å². The molecule has 112 valence electrons. The number of hydrogen-bond acceptors (Lipinski definition) is 3. The van der Waals surface area contributed by atoms with Gasteiger partial charge in [0.15, 0.2) is 0 Å². The van der Waals surface area contributed by atoms with Gasteiger partial charge in [-0.15, -0.1) is 11.8 Å². The van der Waals surface area contributed by atoms with Crippen molar-refractivity contribution in [3.63, 3.8) is 0 Å². The SMILES string of the molecule is Cc1ccc(CC(CSc2cccc(Cl)c2)NN)cc1C. The molecule has 0 spiro atoms. The third-order valence-electron chi connectivity index (χ3n) is 3.54. The number of hydrazine groups is 1. The second-order valence-corrected chi connectivity index (χ2v) is 6.78. The smallest absolute Gasteiger partial charge is 0.0417 e. The average molecular weight is 321 g/mol. The topological polar surface area (TPSA) is 38.0 Å². The van der Waals surface area contributed by atoms with Gasteiger partial charge in [-0.1, -0.05) is 35.9 Å². The molecule has 2 aromatic rings. The van der Waals surface area contributed by atoms with Crippen LogP contribution < -0.4 is 11.3 Å². The molecule has 0 fully saturated rings. The van der Waals surface area contributed by atoms with E-state index in [-0.39, 0.29) is 6.04 Å². The number of aryl methyl sites for hydroxylation is 2. The first-order valence-corrected chi connectivity index (χ1v) is 8.35. The Hall–Kier alpha value is -1.00. The summed E-state index contributed by atoms with van der Waals surface area (Å²) in [6.07, 6.45) is 0.922. The maximum Gasteiger partial charge on any atom is 0.0417 e. The predicted octanol–water partition coefficient (Wildman–Crippen LogP) is 4.12. The molecule has 21 heavy (non-hydrogen) atoms. The number of benzene rings is 2. The van der Waals surface area contributed by atoms with E-state index in [9.17, 15) is 0 Å². The lowest BCUT2D eigenvalue weighted by Crippen LogP contribution is -2.38. The predicted molar refractivity (Wildman–Crippen MR) is 92.9 cm³/mol. The zero-order valence-electron chi connectivity index (χ0n) is 12.4. The van der Waals surface area contributed by atoms with E-state index in [1.54, 1.807) is 11.8 Å². The highest BCUT2D eigenvalue weighted by atomic mass is 35.5. The molecule has 2 rings (SSSR count). The van der Waals surface area contributed by atoms with Crippen LogP contribution in [0.4, 0.5) is 0 Å². The van der Waals surface area contributed by atoms with Crippen molar-refractivity contribution in [3.05, 3.63) is 64.2 Å². The number of thioether (sulfide) groups is 1. The minimum absolute atomic E-state index is 0.232. The van der Waals surface area contributed by atoms with E-state index >= 15 is 0 Å². The van der Waals surface area contributed by atoms with Crippen LogP contribution in [0.3, 0.4) is 0 Å². The molecule has 2 aromatic carbocycles. The molecule has 0 aliphatic heterocycles. The van der Waals surface area contributed by atoms with E-state index in [0.29, 0.717) is 0 Å². The highest BCUT2D eigenvalue weighted by Crippen LogP contribution is 2.23. The molecule has 0 bridgehead atoms. The normalized spacial score (nSPS) is 12.4. The largest absolute Gasteiger partial charge is 0.271 e. The summed E-state index contributed by atoms with van der Waals surface area (Å²) >= 11 is 7.77. The molecule has 0 saturated carbocycles. The molecule has 0 saturated heterocycles. The lowest BCUT2D eigenvalue weighted by molar-refractivity contribution is 0.575. The van der Waals surface area contributed by atoms with E-state index in [4.69, 9.17) is 17.4 Å². The van der Waals surface area contributed by atoms with Crippen LogP contribution in [0.15, 0.2) is 47.4 Å². The summed E-state index contributed by atoms with van der Waals surface area (Å²) in [5.74, 6) is 6.60. The first-order valence-electron chi connectivity index (χ1n) is 6.99. The fourth-order valence-corrected chi connectivity index (χ4v) is 3.38. The number of nitrogens with one attached hydrogen (secondary N) is 1. The van der Waals surface area contributed by atoms with Gasteiger partial charge >= 0.3 is 0 Å². The summed E-state index contributed by atoms with van der Waals surface area (Å²) in [6.45, 7) is 4.28. The van der Waals surface area contributed by atoms with Crippen molar-refractivity contribution in [3.8, 4) is 0 Å². The highest BCUT2D eigenvalue weighted by molar-refractivity contribution is 7.99. The Labute approximate surface area is 136 Å². The lowest BCUT2D eigenvalue weighted by atomic mass is 10.0. The Morgan fingerprint density at radius 3 is 2.62 bits per heavy atom. The molecule has 4 heteroatoms. The quantitative estimate of drug-likeness (QED) is 0.477. The number of rotatable bonds is 6. The second-order valence-electron chi connectivity index (χ2n) is 5.25. The standard InChI is InChI=1S/C17H21ClN2S/c1-12-6-7-14(8-13(12)2)9-16(20-19)11-21-17-5-3-4-15(18)10-17/h3-8,10,16,20H,9,11,19H2,1-2H3. The monoisotopic (exact) mass is 320 g/mol. The van der Waals surface area contributed by atoms with Crippen LogP contribution in [-0.2, 0) is 6.42 Å². The van der Waals surface area contributed by atoms with E-state index in [0.717, 1.165) is 17.2 Å². The van der Waals surface area contributed by atoms with Crippen molar-refractivity contribution in [1.29, 1.82) is 0 Å². The summed E-state index contributed by atoms with van der Waals surface area (Å²) < 4.78 is 0. The van der Waals surface area contributed by atoms with Gasteiger partial charge in [0.25, 0.3) is 0 Å². The van der Waals surface area contributed by atoms with Gasteiger partial charge in [-0.3, -0.25) is 11.3 Å². The Kier molecular flexibility index (Phi) is 6.12. The van der Waals surface area contributed by atoms with E-state index in [1.807, 2.05) is 18.2 Å². The van der Waals surface area contributed by atoms with Gasteiger partial charge in [-0.25, -0.2) is 0 Å². The number of halogens is 1. The molecule has 1 unspecified atom stereocenters. The molecule has 0 radical (unpaired) electrons. The van der Waals surface area contributed by atoms with Gasteiger partial charge in [-0.2, -0.15) is 0 Å². The molecule has 0 heterocycles.